The second-order valence-corrected chi connectivity index (χ2v) is 7.14. The van der Waals surface area contributed by atoms with Crippen LogP contribution in [0.25, 0.3) is 11.3 Å². The highest BCUT2D eigenvalue weighted by atomic mass is 16.5. The van der Waals surface area contributed by atoms with Crippen LogP contribution in [0, 0.1) is 17.8 Å². The van der Waals surface area contributed by atoms with Gasteiger partial charge in [-0.2, -0.15) is 0 Å². The molecular formula is C22H24N4O3. The van der Waals surface area contributed by atoms with E-state index in [1.165, 1.54) is 0 Å². The van der Waals surface area contributed by atoms with Crippen molar-refractivity contribution < 1.29 is 14.4 Å². The van der Waals surface area contributed by atoms with Crippen LogP contribution < -0.4 is 5.73 Å². The Kier molecular flexibility index (Phi) is 5.76. The van der Waals surface area contributed by atoms with Gasteiger partial charge in [-0.25, -0.2) is 4.98 Å². The molecule has 29 heavy (non-hydrogen) atoms. The number of nitrogens with two attached hydrogens (primary N) is 1. The van der Waals surface area contributed by atoms with Crippen LogP contribution in [0.1, 0.15) is 42.6 Å². The Morgan fingerprint density at radius 1 is 1.34 bits per heavy atom. The average molecular weight is 392 g/mol. The first-order chi connectivity index (χ1) is 14.2. The Hall–Kier alpha value is -2.92. The van der Waals surface area contributed by atoms with Crippen LogP contribution in [0.5, 0.6) is 0 Å². The van der Waals surface area contributed by atoms with E-state index in [0.29, 0.717) is 29.7 Å². The zero-order chi connectivity index (χ0) is 20.2. The van der Waals surface area contributed by atoms with E-state index < -0.39 is 6.10 Å². The Morgan fingerprint density at radius 3 is 2.86 bits per heavy atom. The van der Waals surface area contributed by atoms with Gasteiger partial charge in [0, 0.05) is 48.7 Å². The Bertz CT molecular complexity index is 1000. The zero-order valence-corrected chi connectivity index (χ0v) is 16.3. The molecule has 3 heterocycles. The van der Waals surface area contributed by atoms with Crippen molar-refractivity contribution >= 4 is 0 Å². The molecule has 3 N–H and O–H groups in total. The lowest BCUT2D eigenvalue weighted by atomic mass is 10.1. The maximum absolute atomic E-state index is 9.92. The van der Waals surface area contributed by atoms with Crippen molar-refractivity contribution in [2.75, 3.05) is 19.8 Å². The molecule has 7 nitrogen and oxygen atoms in total. The molecule has 0 saturated carbocycles. The monoisotopic (exact) mass is 392 g/mol. The molecule has 2 aromatic heterocycles. The summed E-state index contributed by atoms with van der Waals surface area (Å²) in [7, 11) is 0. The topological polar surface area (TPSA) is 99.3 Å². The van der Waals surface area contributed by atoms with Gasteiger partial charge in [0.05, 0.1) is 12.6 Å². The van der Waals surface area contributed by atoms with Crippen LogP contribution in [0.3, 0.4) is 0 Å². The number of aromatic nitrogens is 3. The molecule has 7 heteroatoms. The molecule has 1 saturated heterocycles. The van der Waals surface area contributed by atoms with Crippen LogP contribution in [-0.2, 0) is 4.74 Å². The van der Waals surface area contributed by atoms with E-state index in [9.17, 15) is 5.11 Å². The number of hydrogen-bond donors (Lipinski definition) is 2. The summed E-state index contributed by atoms with van der Waals surface area (Å²) in [6.45, 7) is 3.50. The molecule has 0 aliphatic carbocycles. The van der Waals surface area contributed by atoms with Gasteiger partial charge in [0.2, 0.25) is 0 Å². The lowest BCUT2D eigenvalue weighted by Crippen LogP contribution is -2.22. The number of aliphatic hydroxyl groups excluding tert-OH is 1. The van der Waals surface area contributed by atoms with Crippen LogP contribution in [0.2, 0.25) is 0 Å². The molecule has 150 valence electrons. The Labute approximate surface area is 169 Å². The first-order valence-corrected chi connectivity index (χ1v) is 9.73. The summed E-state index contributed by atoms with van der Waals surface area (Å²) in [6, 6.07) is 9.49. The maximum Gasteiger partial charge on any atom is 0.167 e. The smallest absolute Gasteiger partial charge is 0.167 e. The predicted molar refractivity (Wildman–Crippen MR) is 108 cm³/mol. The number of rotatable bonds is 5. The minimum absolute atomic E-state index is 0.265. The number of ether oxygens (including phenoxy) is 1. The Morgan fingerprint density at radius 2 is 2.17 bits per heavy atom. The molecule has 0 radical (unpaired) electrons. The number of hydrogen-bond acceptors (Lipinski definition) is 6. The maximum atomic E-state index is 9.92. The fraction of sp³-hybridized carbons (Fsp3) is 0.364. The van der Waals surface area contributed by atoms with E-state index in [4.69, 9.17) is 15.0 Å². The molecule has 0 spiro atoms. The van der Waals surface area contributed by atoms with Crippen molar-refractivity contribution in [3.63, 3.8) is 0 Å². The van der Waals surface area contributed by atoms with Crippen molar-refractivity contribution in [1.82, 2.24) is 14.7 Å². The van der Waals surface area contributed by atoms with Gasteiger partial charge < -0.3 is 24.7 Å². The highest BCUT2D eigenvalue weighted by Crippen LogP contribution is 2.26. The third-order valence-corrected chi connectivity index (χ3v) is 5.02. The van der Waals surface area contributed by atoms with E-state index in [2.05, 4.69) is 22.0 Å². The minimum Gasteiger partial charge on any atom is -0.385 e. The Balaban J connectivity index is 1.53. The first-order valence-electron chi connectivity index (χ1n) is 9.73. The number of aliphatic hydroxyl groups is 1. The quantitative estimate of drug-likeness (QED) is 0.648. The SMILES string of the molecule is C[C@H](O)c1nccn1[C@H](CN)c1cc(-c2ccc(C#CC3CCOC3)cc2)on1. The lowest BCUT2D eigenvalue weighted by molar-refractivity contribution is 0.182. The van der Waals surface area contributed by atoms with Gasteiger partial charge in [-0.15, -0.1) is 0 Å². The summed E-state index contributed by atoms with van der Waals surface area (Å²) < 4.78 is 12.7. The van der Waals surface area contributed by atoms with Gasteiger partial charge in [-0.3, -0.25) is 0 Å². The van der Waals surface area contributed by atoms with Gasteiger partial charge in [0.15, 0.2) is 5.76 Å². The van der Waals surface area contributed by atoms with E-state index in [-0.39, 0.29) is 6.04 Å². The highest BCUT2D eigenvalue weighted by Gasteiger charge is 2.21. The molecule has 4 rings (SSSR count). The highest BCUT2D eigenvalue weighted by molar-refractivity contribution is 5.59. The minimum atomic E-state index is -0.699. The van der Waals surface area contributed by atoms with Gasteiger partial charge in [0.1, 0.15) is 17.6 Å². The van der Waals surface area contributed by atoms with Crippen LogP contribution >= 0.6 is 0 Å². The van der Waals surface area contributed by atoms with E-state index in [0.717, 1.165) is 30.8 Å². The van der Waals surface area contributed by atoms with Crippen LogP contribution in [-0.4, -0.2) is 39.6 Å². The van der Waals surface area contributed by atoms with Gasteiger partial charge in [0.25, 0.3) is 0 Å². The molecule has 0 bridgehead atoms. The lowest BCUT2D eigenvalue weighted by Gasteiger charge is -2.17. The second kappa shape index (κ2) is 8.62. The van der Waals surface area contributed by atoms with Crippen LogP contribution in [0.15, 0.2) is 47.2 Å². The van der Waals surface area contributed by atoms with Crippen molar-refractivity contribution in [3.8, 4) is 23.2 Å². The third kappa shape index (κ3) is 4.25. The van der Waals surface area contributed by atoms with Crippen LogP contribution in [0.4, 0.5) is 0 Å². The van der Waals surface area contributed by atoms with Gasteiger partial charge >= 0.3 is 0 Å². The number of nitrogens with zero attached hydrogens (tertiary/aromatic N) is 3. The van der Waals surface area contributed by atoms with Crippen molar-refractivity contribution in [2.24, 2.45) is 11.7 Å². The van der Waals surface area contributed by atoms with E-state index in [1.807, 2.05) is 34.9 Å². The summed E-state index contributed by atoms with van der Waals surface area (Å²) in [5.41, 5.74) is 8.54. The molecule has 3 atom stereocenters. The van der Waals surface area contributed by atoms with Crippen molar-refractivity contribution in [2.45, 2.75) is 25.5 Å². The molecule has 3 aromatic rings. The number of imidazole rings is 1. The molecule has 0 amide bonds. The molecule has 1 fully saturated rings. The predicted octanol–water partition coefficient (Wildman–Crippen LogP) is 2.53. The van der Waals surface area contributed by atoms with E-state index >= 15 is 0 Å². The standard InChI is InChI=1S/C22H24N4O3/c1-15(27)22-24-9-10-26(22)20(13-23)19-12-21(29-25-19)18-6-4-16(5-7-18)2-3-17-8-11-28-14-17/h4-7,9-10,12,15,17,20,27H,8,11,13-14,23H2,1H3/t15-,17?,20+/m0/s1. The largest absolute Gasteiger partial charge is 0.385 e. The molecule has 1 unspecified atom stereocenters. The fourth-order valence-electron chi connectivity index (χ4n) is 3.42. The normalized spacial score (nSPS) is 18.2. The summed E-state index contributed by atoms with van der Waals surface area (Å²) in [5.74, 6) is 7.99. The summed E-state index contributed by atoms with van der Waals surface area (Å²) in [6.07, 6.45) is 3.73. The van der Waals surface area contributed by atoms with Gasteiger partial charge in [-0.05, 0) is 37.6 Å². The summed E-state index contributed by atoms with van der Waals surface area (Å²) >= 11 is 0. The van der Waals surface area contributed by atoms with E-state index in [1.54, 1.807) is 19.3 Å². The molecular weight excluding hydrogens is 368 g/mol. The van der Waals surface area contributed by atoms with Gasteiger partial charge in [-0.1, -0.05) is 17.0 Å². The molecule has 1 aliphatic heterocycles. The molecule has 1 aliphatic rings. The van der Waals surface area contributed by atoms with Crippen molar-refractivity contribution in [1.29, 1.82) is 0 Å². The number of benzene rings is 1. The van der Waals surface area contributed by atoms with Crippen molar-refractivity contribution in [3.05, 3.63) is 59.8 Å². The average Bonchev–Trinajstić information content (AvgIpc) is 3.49. The zero-order valence-electron chi connectivity index (χ0n) is 16.3. The molecule has 1 aromatic carbocycles. The first kappa shape index (κ1) is 19.4. The fourth-order valence-corrected chi connectivity index (χ4v) is 3.42. The third-order valence-electron chi connectivity index (χ3n) is 5.02. The second-order valence-electron chi connectivity index (χ2n) is 7.14. The summed E-state index contributed by atoms with van der Waals surface area (Å²) in [4.78, 5) is 4.21. The summed E-state index contributed by atoms with van der Waals surface area (Å²) in [5, 5.41) is 14.1.